The van der Waals surface area contributed by atoms with E-state index in [9.17, 15) is 9.18 Å². The van der Waals surface area contributed by atoms with Crippen LogP contribution in [0.5, 0.6) is 0 Å². The fourth-order valence-electron chi connectivity index (χ4n) is 2.65. The fraction of sp³-hybridized carbons (Fsp3) is 0.235. The topological polar surface area (TPSA) is 47.8 Å². The zero-order chi connectivity index (χ0) is 15.7. The number of hydrogen-bond donors (Lipinski definition) is 0. The number of benzene rings is 1. The molecule has 3 rings (SSSR count). The van der Waals surface area contributed by atoms with Gasteiger partial charge in [-0.25, -0.2) is 9.37 Å². The summed E-state index contributed by atoms with van der Waals surface area (Å²) in [7, 11) is 0. The third-order valence-electron chi connectivity index (χ3n) is 3.74. The van der Waals surface area contributed by atoms with Gasteiger partial charge in [-0.3, -0.25) is 14.3 Å². The lowest BCUT2D eigenvalue weighted by Gasteiger charge is -2.18. The van der Waals surface area contributed by atoms with E-state index in [0.717, 1.165) is 11.4 Å². The van der Waals surface area contributed by atoms with Crippen LogP contribution in [0.15, 0.2) is 47.5 Å². The van der Waals surface area contributed by atoms with Gasteiger partial charge in [-0.05, 0) is 37.6 Å². The van der Waals surface area contributed by atoms with Gasteiger partial charge in [0.25, 0.3) is 5.56 Å². The minimum absolute atomic E-state index is 0.107. The van der Waals surface area contributed by atoms with Crippen molar-refractivity contribution in [3.05, 3.63) is 70.3 Å². The number of pyridine rings is 1. The number of nitrogens with zero attached hydrogens (tertiary/aromatic N) is 3. The van der Waals surface area contributed by atoms with Crippen LogP contribution in [0.1, 0.15) is 30.8 Å². The molecule has 0 amide bonds. The van der Waals surface area contributed by atoms with Crippen LogP contribution in [0, 0.1) is 12.7 Å². The first-order valence-corrected chi connectivity index (χ1v) is 7.20. The molecular formula is C17H16FN3O. The molecule has 0 spiro atoms. The summed E-state index contributed by atoms with van der Waals surface area (Å²) in [6.45, 7) is 3.89. The monoisotopic (exact) mass is 297 g/mol. The summed E-state index contributed by atoms with van der Waals surface area (Å²) < 4.78 is 15.3. The van der Waals surface area contributed by atoms with Crippen LogP contribution in [0.25, 0.3) is 10.9 Å². The van der Waals surface area contributed by atoms with Crippen molar-refractivity contribution in [3.63, 3.8) is 0 Å². The number of fused-ring (bicyclic) bond motifs is 1. The quantitative estimate of drug-likeness (QED) is 0.745. The Bertz CT molecular complexity index is 888. The summed E-state index contributed by atoms with van der Waals surface area (Å²) in [5.74, 6) is -0.483. The summed E-state index contributed by atoms with van der Waals surface area (Å²) in [5.41, 5.74) is 1.56. The van der Waals surface area contributed by atoms with E-state index < -0.39 is 5.82 Å². The minimum atomic E-state index is -0.483. The molecule has 4 nitrogen and oxygen atoms in total. The van der Waals surface area contributed by atoms with E-state index in [4.69, 9.17) is 0 Å². The highest BCUT2D eigenvalue weighted by atomic mass is 19.1. The molecule has 3 aromatic rings. The number of rotatable bonds is 3. The maximum absolute atomic E-state index is 13.7. The van der Waals surface area contributed by atoms with Gasteiger partial charge in [0, 0.05) is 5.69 Å². The molecule has 112 valence electrons. The maximum atomic E-state index is 13.7. The van der Waals surface area contributed by atoms with Gasteiger partial charge in [0.15, 0.2) is 0 Å². The summed E-state index contributed by atoms with van der Waals surface area (Å²) in [6.07, 6.45) is 2.10. The molecule has 0 unspecified atom stereocenters. The normalized spacial score (nSPS) is 12.5. The first-order chi connectivity index (χ1) is 10.6. The van der Waals surface area contributed by atoms with Gasteiger partial charge in [-0.15, -0.1) is 0 Å². The van der Waals surface area contributed by atoms with Crippen molar-refractivity contribution in [3.8, 4) is 0 Å². The van der Waals surface area contributed by atoms with E-state index in [-0.39, 0.29) is 22.5 Å². The zero-order valence-corrected chi connectivity index (χ0v) is 12.5. The summed E-state index contributed by atoms with van der Waals surface area (Å²) in [5, 5.41) is 0.286. The molecule has 0 saturated heterocycles. The van der Waals surface area contributed by atoms with Crippen LogP contribution in [0.2, 0.25) is 0 Å². The van der Waals surface area contributed by atoms with Crippen molar-refractivity contribution in [1.29, 1.82) is 0 Å². The third-order valence-corrected chi connectivity index (χ3v) is 3.74. The van der Waals surface area contributed by atoms with E-state index in [1.54, 1.807) is 6.07 Å². The van der Waals surface area contributed by atoms with Crippen molar-refractivity contribution < 1.29 is 4.39 Å². The second-order valence-electron chi connectivity index (χ2n) is 5.22. The van der Waals surface area contributed by atoms with Crippen LogP contribution in [-0.2, 0) is 0 Å². The predicted molar refractivity (Wildman–Crippen MR) is 83.4 cm³/mol. The van der Waals surface area contributed by atoms with Crippen LogP contribution in [0.4, 0.5) is 4.39 Å². The smallest absolute Gasteiger partial charge is 0.261 e. The van der Waals surface area contributed by atoms with Crippen LogP contribution >= 0.6 is 0 Å². The highest BCUT2D eigenvalue weighted by Crippen LogP contribution is 2.20. The Balaban J connectivity index is 2.20. The van der Waals surface area contributed by atoms with Crippen LogP contribution in [-0.4, -0.2) is 14.5 Å². The molecule has 0 N–H and O–H groups in total. The van der Waals surface area contributed by atoms with Crippen molar-refractivity contribution >= 4 is 10.9 Å². The molecule has 0 aliphatic rings. The highest BCUT2D eigenvalue weighted by molar-refractivity contribution is 5.77. The molecule has 1 atom stereocenters. The first-order valence-electron chi connectivity index (χ1n) is 7.20. The minimum Gasteiger partial charge on any atom is -0.290 e. The van der Waals surface area contributed by atoms with Crippen molar-refractivity contribution in [1.82, 2.24) is 14.5 Å². The molecular weight excluding hydrogens is 281 g/mol. The van der Waals surface area contributed by atoms with Crippen molar-refractivity contribution in [2.75, 3.05) is 0 Å². The van der Waals surface area contributed by atoms with E-state index in [1.807, 2.05) is 32.0 Å². The summed E-state index contributed by atoms with van der Waals surface area (Å²) in [4.78, 5) is 21.3. The van der Waals surface area contributed by atoms with Crippen LogP contribution < -0.4 is 5.56 Å². The molecule has 0 fully saturated rings. The average molecular weight is 297 g/mol. The second kappa shape index (κ2) is 5.67. The van der Waals surface area contributed by atoms with Crippen LogP contribution in [0.3, 0.4) is 0 Å². The highest BCUT2D eigenvalue weighted by Gasteiger charge is 2.17. The molecule has 2 heterocycles. The van der Waals surface area contributed by atoms with Gasteiger partial charge in [-0.1, -0.05) is 19.1 Å². The number of aryl methyl sites for hydroxylation is 1. The van der Waals surface area contributed by atoms with Gasteiger partial charge in [0.1, 0.15) is 11.3 Å². The lowest BCUT2D eigenvalue weighted by molar-refractivity contribution is 0.529. The molecule has 0 aliphatic heterocycles. The Hall–Kier alpha value is -2.56. The molecule has 22 heavy (non-hydrogen) atoms. The van der Waals surface area contributed by atoms with Gasteiger partial charge in [0.2, 0.25) is 0 Å². The summed E-state index contributed by atoms with van der Waals surface area (Å²) >= 11 is 0. The molecule has 2 aromatic heterocycles. The molecule has 5 heteroatoms. The molecule has 0 bridgehead atoms. The molecule has 0 saturated carbocycles. The van der Waals surface area contributed by atoms with E-state index in [1.165, 1.54) is 23.0 Å². The first kappa shape index (κ1) is 14.4. The standard InChI is InChI=1S/C17H16FN3O/c1-3-15(14-9-4-6-11(2)20-14)21-10-19-16-12(17(21)22)7-5-8-13(16)18/h4-10,15H,3H2,1-2H3/t15-/m0/s1. The lowest BCUT2D eigenvalue weighted by Crippen LogP contribution is -2.26. The van der Waals surface area contributed by atoms with E-state index >= 15 is 0 Å². The van der Waals surface area contributed by atoms with Gasteiger partial charge < -0.3 is 0 Å². The Kier molecular flexibility index (Phi) is 3.71. The largest absolute Gasteiger partial charge is 0.290 e. The SMILES string of the molecule is CC[C@@H](c1cccc(C)n1)n1cnc2c(F)cccc2c1=O. The maximum Gasteiger partial charge on any atom is 0.261 e. The number of para-hydroxylation sites is 1. The van der Waals surface area contributed by atoms with Crippen molar-refractivity contribution in [2.24, 2.45) is 0 Å². The number of hydrogen-bond acceptors (Lipinski definition) is 3. The Morgan fingerprint density at radius 1 is 1.23 bits per heavy atom. The fourth-order valence-corrected chi connectivity index (χ4v) is 2.65. The van der Waals surface area contributed by atoms with Gasteiger partial charge in [-0.2, -0.15) is 0 Å². The summed E-state index contributed by atoms with van der Waals surface area (Å²) in [6, 6.07) is 9.93. The third kappa shape index (κ3) is 2.39. The molecule has 0 aliphatic carbocycles. The van der Waals surface area contributed by atoms with Gasteiger partial charge in [0.05, 0.1) is 23.4 Å². The van der Waals surface area contributed by atoms with E-state index in [2.05, 4.69) is 9.97 Å². The van der Waals surface area contributed by atoms with E-state index in [0.29, 0.717) is 6.42 Å². The molecule has 1 aromatic carbocycles. The Morgan fingerprint density at radius 3 is 2.73 bits per heavy atom. The average Bonchev–Trinajstić information content (AvgIpc) is 2.51. The lowest BCUT2D eigenvalue weighted by atomic mass is 10.1. The Labute approximate surface area is 127 Å². The second-order valence-corrected chi connectivity index (χ2v) is 5.22. The number of aromatic nitrogens is 3. The molecule has 0 radical (unpaired) electrons. The predicted octanol–water partition coefficient (Wildman–Crippen LogP) is 3.24. The van der Waals surface area contributed by atoms with Crippen molar-refractivity contribution in [2.45, 2.75) is 26.3 Å². The Morgan fingerprint density at radius 2 is 2.00 bits per heavy atom. The number of halogens is 1. The van der Waals surface area contributed by atoms with Gasteiger partial charge >= 0.3 is 0 Å². The zero-order valence-electron chi connectivity index (χ0n) is 12.5.